The van der Waals surface area contributed by atoms with Crippen molar-refractivity contribution in [2.24, 2.45) is 0 Å². The summed E-state index contributed by atoms with van der Waals surface area (Å²) in [7, 11) is 0. The van der Waals surface area contributed by atoms with Crippen LogP contribution < -0.4 is 26.6 Å². The molecule has 2 aromatic carbocycles. The van der Waals surface area contributed by atoms with Gasteiger partial charge in [-0.05, 0) is 48.9 Å². The second kappa shape index (κ2) is 16.1. The van der Waals surface area contributed by atoms with Gasteiger partial charge in [-0.15, -0.1) is 0 Å². The number of aromatic hydroxyl groups is 1. The minimum atomic E-state index is -1.15. The van der Waals surface area contributed by atoms with E-state index >= 15 is 0 Å². The van der Waals surface area contributed by atoms with E-state index in [0.29, 0.717) is 31.2 Å². The fourth-order valence-electron chi connectivity index (χ4n) is 6.40. The molecule has 3 fully saturated rings. The Bertz CT molecular complexity index is 1570. The maximum Gasteiger partial charge on any atom is 0.246 e. The third-order valence-electron chi connectivity index (χ3n) is 8.92. The quantitative estimate of drug-likeness (QED) is 0.224. The Kier molecular flexibility index (Phi) is 11.4. The molecule has 3 aliphatic rings. The predicted octanol–water partition coefficient (Wildman–Crippen LogP) is -1.51. The van der Waals surface area contributed by atoms with Crippen molar-refractivity contribution in [2.45, 2.75) is 62.7 Å². The molecule has 0 saturated carbocycles. The summed E-state index contributed by atoms with van der Waals surface area (Å²) in [6.07, 6.45) is 1.96. The van der Waals surface area contributed by atoms with E-state index in [1.54, 1.807) is 12.1 Å². The van der Waals surface area contributed by atoms with E-state index in [-0.39, 0.29) is 31.7 Å². The van der Waals surface area contributed by atoms with E-state index in [0.717, 1.165) is 5.56 Å². The van der Waals surface area contributed by atoms with Crippen LogP contribution in [-0.2, 0) is 46.4 Å². The second-order valence-electron chi connectivity index (χ2n) is 12.4. The van der Waals surface area contributed by atoms with Crippen molar-refractivity contribution in [1.82, 2.24) is 36.4 Å². The molecular weight excluding hydrogens is 634 g/mol. The van der Waals surface area contributed by atoms with Gasteiger partial charge in [0.05, 0.1) is 19.6 Å². The topological polar surface area (TPSA) is 206 Å². The molecular formula is C34H41N7O8. The highest BCUT2D eigenvalue weighted by atomic mass is 16.3. The molecule has 7 amide bonds. The molecule has 0 radical (unpaired) electrons. The van der Waals surface area contributed by atoms with E-state index < -0.39 is 85.2 Å². The first kappa shape index (κ1) is 34.9. The third-order valence-corrected chi connectivity index (χ3v) is 8.92. The van der Waals surface area contributed by atoms with Crippen molar-refractivity contribution >= 4 is 41.4 Å². The highest BCUT2D eigenvalue weighted by molar-refractivity contribution is 5.97. The van der Waals surface area contributed by atoms with Crippen LogP contribution in [0.3, 0.4) is 0 Å². The summed E-state index contributed by atoms with van der Waals surface area (Å²) >= 11 is 0. The first-order valence-corrected chi connectivity index (χ1v) is 16.4. The SMILES string of the molecule is O=C1CNC(=O)C(Cc2ccc(O)cc2)NC(=O)CNC(=O)C2CCCN2C(=O)C(Cc2ccccc2)NC(=O)C2CCCN2C(=O)CN1. The number of nitrogens with zero attached hydrogens (tertiary/aromatic N) is 2. The van der Waals surface area contributed by atoms with Gasteiger partial charge in [-0.1, -0.05) is 42.5 Å². The lowest BCUT2D eigenvalue weighted by atomic mass is 10.0. The van der Waals surface area contributed by atoms with Gasteiger partial charge < -0.3 is 41.5 Å². The minimum absolute atomic E-state index is 0.0109. The van der Waals surface area contributed by atoms with Crippen molar-refractivity contribution in [2.75, 3.05) is 32.7 Å². The van der Waals surface area contributed by atoms with Crippen LogP contribution in [0.5, 0.6) is 5.75 Å². The molecule has 4 unspecified atom stereocenters. The molecule has 2 aromatic rings. The van der Waals surface area contributed by atoms with Gasteiger partial charge in [-0.3, -0.25) is 33.6 Å². The standard InChI is InChI=1S/C34H41N7O8/c42-23-12-10-22(11-13-23)16-24-31(46)36-18-28(43)35-20-30(45)40-14-4-9-27(40)33(48)39-25(17-21-6-2-1-3-7-21)34(49)41-15-5-8-26(41)32(47)37-19-29(44)38-24/h1-3,6-7,10-13,24-27,42H,4-5,8-9,14-20H2,(H,35,43)(H,36,46)(H,37,47)(H,38,44)(H,39,48). The van der Waals surface area contributed by atoms with Gasteiger partial charge in [0.15, 0.2) is 0 Å². The average Bonchev–Trinajstić information content (AvgIpc) is 3.80. The number of benzene rings is 2. The first-order chi connectivity index (χ1) is 23.6. The van der Waals surface area contributed by atoms with Crippen molar-refractivity contribution in [3.8, 4) is 5.75 Å². The molecule has 15 heteroatoms. The fraction of sp³-hybridized carbons (Fsp3) is 0.441. The summed E-state index contributed by atoms with van der Waals surface area (Å²) in [6.45, 7) is -0.834. The molecule has 260 valence electrons. The Morgan fingerprint density at radius 1 is 0.592 bits per heavy atom. The summed E-state index contributed by atoms with van der Waals surface area (Å²) < 4.78 is 0. The van der Waals surface area contributed by atoms with E-state index in [2.05, 4.69) is 26.6 Å². The highest BCUT2D eigenvalue weighted by Gasteiger charge is 2.40. The highest BCUT2D eigenvalue weighted by Crippen LogP contribution is 2.22. The average molecular weight is 676 g/mol. The predicted molar refractivity (Wildman–Crippen MR) is 174 cm³/mol. The van der Waals surface area contributed by atoms with E-state index in [1.165, 1.54) is 21.9 Å². The lowest BCUT2D eigenvalue weighted by Gasteiger charge is -2.30. The number of carbonyl (C=O) groups excluding carboxylic acids is 7. The van der Waals surface area contributed by atoms with Gasteiger partial charge in [0.1, 0.15) is 29.9 Å². The van der Waals surface area contributed by atoms with E-state index in [9.17, 15) is 38.7 Å². The molecule has 0 spiro atoms. The number of rotatable bonds is 4. The Hall–Kier alpha value is -5.47. The Labute approximate surface area is 283 Å². The van der Waals surface area contributed by atoms with Gasteiger partial charge in [-0.2, -0.15) is 0 Å². The van der Waals surface area contributed by atoms with Gasteiger partial charge in [0, 0.05) is 25.9 Å². The summed E-state index contributed by atoms with van der Waals surface area (Å²) in [5, 5.41) is 22.6. The van der Waals surface area contributed by atoms with Crippen LogP contribution in [0.15, 0.2) is 54.6 Å². The molecule has 3 heterocycles. The number of phenolic OH excluding ortho intramolecular Hbond substituents is 1. The summed E-state index contributed by atoms with van der Waals surface area (Å²) in [5.74, 6) is -4.04. The molecule has 6 N–H and O–H groups in total. The number of carbonyl (C=O) groups is 7. The Morgan fingerprint density at radius 3 is 1.90 bits per heavy atom. The van der Waals surface area contributed by atoms with Crippen LogP contribution in [0.2, 0.25) is 0 Å². The van der Waals surface area contributed by atoms with Crippen LogP contribution >= 0.6 is 0 Å². The number of fused-ring (bicyclic) bond motifs is 2. The molecule has 0 aliphatic carbocycles. The van der Waals surface area contributed by atoms with Gasteiger partial charge in [0.2, 0.25) is 41.4 Å². The van der Waals surface area contributed by atoms with Crippen LogP contribution in [-0.4, -0.2) is 113 Å². The van der Waals surface area contributed by atoms with Gasteiger partial charge in [0.25, 0.3) is 0 Å². The Balaban J connectivity index is 1.38. The van der Waals surface area contributed by atoms with Crippen LogP contribution in [0.25, 0.3) is 0 Å². The maximum absolute atomic E-state index is 14.0. The van der Waals surface area contributed by atoms with Crippen molar-refractivity contribution in [1.29, 1.82) is 0 Å². The molecule has 15 nitrogen and oxygen atoms in total. The van der Waals surface area contributed by atoms with E-state index in [1.807, 2.05) is 30.3 Å². The molecule has 49 heavy (non-hydrogen) atoms. The largest absolute Gasteiger partial charge is 0.508 e. The van der Waals surface area contributed by atoms with Crippen LogP contribution in [0.4, 0.5) is 0 Å². The fourth-order valence-corrected chi connectivity index (χ4v) is 6.40. The molecule has 5 rings (SSSR count). The molecule has 0 bridgehead atoms. The molecule has 4 atom stereocenters. The van der Waals surface area contributed by atoms with Crippen molar-refractivity contribution in [3.05, 3.63) is 65.7 Å². The lowest BCUT2D eigenvalue weighted by Crippen LogP contribution is -2.57. The monoisotopic (exact) mass is 675 g/mol. The lowest BCUT2D eigenvalue weighted by molar-refractivity contribution is -0.143. The molecule has 3 saturated heterocycles. The zero-order valence-corrected chi connectivity index (χ0v) is 27.0. The van der Waals surface area contributed by atoms with Crippen molar-refractivity contribution < 1.29 is 38.7 Å². The molecule has 0 aromatic heterocycles. The number of nitrogens with one attached hydrogen (secondary N) is 5. The zero-order valence-electron chi connectivity index (χ0n) is 27.0. The van der Waals surface area contributed by atoms with Gasteiger partial charge in [-0.25, -0.2) is 0 Å². The maximum atomic E-state index is 14.0. The zero-order chi connectivity index (χ0) is 34.9. The normalized spacial score (nSPS) is 24.9. The second-order valence-corrected chi connectivity index (χ2v) is 12.4. The van der Waals surface area contributed by atoms with Gasteiger partial charge >= 0.3 is 0 Å². The first-order valence-electron chi connectivity index (χ1n) is 16.4. The summed E-state index contributed by atoms with van der Waals surface area (Å²) in [5.41, 5.74) is 1.40. The van der Waals surface area contributed by atoms with Crippen LogP contribution in [0, 0.1) is 0 Å². The van der Waals surface area contributed by atoms with Crippen molar-refractivity contribution in [3.63, 3.8) is 0 Å². The Morgan fingerprint density at radius 2 is 1.18 bits per heavy atom. The minimum Gasteiger partial charge on any atom is -0.508 e. The smallest absolute Gasteiger partial charge is 0.246 e. The summed E-state index contributed by atoms with van der Waals surface area (Å²) in [6, 6.07) is 11.2. The number of hydrogen-bond acceptors (Lipinski definition) is 8. The molecule has 3 aliphatic heterocycles. The third kappa shape index (κ3) is 9.12. The number of phenols is 1. The summed E-state index contributed by atoms with van der Waals surface area (Å²) in [4.78, 5) is 95.7. The number of hydrogen-bond donors (Lipinski definition) is 6. The van der Waals surface area contributed by atoms with E-state index in [4.69, 9.17) is 0 Å². The number of amides is 7. The van der Waals surface area contributed by atoms with Crippen LogP contribution in [0.1, 0.15) is 36.8 Å².